The quantitative estimate of drug-likeness (QED) is 0.429. The van der Waals surface area contributed by atoms with E-state index in [1.54, 1.807) is 6.21 Å². The van der Waals surface area contributed by atoms with Crippen LogP contribution in [0.4, 0.5) is 5.82 Å². The lowest BCUT2D eigenvalue weighted by atomic mass is 10.2. The van der Waals surface area contributed by atoms with Crippen molar-refractivity contribution >= 4 is 56.1 Å². The Labute approximate surface area is 182 Å². The number of rotatable bonds is 5. The second kappa shape index (κ2) is 8.23. The van der Waals surface area contributed by atoms with Gasteiger partial charge in [0.1, 0.15) is 16.9 Å². The van der Waals surface area contributed by atoms with Crippen molar-refractivity contribution in [1.82, 2.24) is 20.0 Å². The predicted octanol–water partition coefficient (Wildman–Crippen LogP) is 4.34. The molecule has 2 heterocycles. The zero-order chi connectivity index (χ0) is 21.3. The molecule has 0 aliphatic rings. The van der Waals surface area contributed by atoms with Crippen LogP contribution < -0.4 is 11.1 Å². The number of halogens is 1. The number of para-hydroxylation sites is 2. The van der Waals surface area contributed by atoms with E-state index in [1.165, 1.54) is 4.68 Å². The van der Waals surface area contributed by atoms with Gasteiger partial charge in [0.2, 0.25) is 0 Å². The van der Waals surface area contributed by atoms with Crippen LogP contribution in [0.2, 0.25) is 0 Å². The summed E-state index contributed by atoms with van der Waals surface area (Å²) in [6, 6.07) is 15.2. The van der Waals surface area contributed by atoms with Crippen LogP contribution >= 0.6 is 15.9 Å². The summed E-state index contributed by atoms with van der Waals surface area (Å²) in [5.74, 6) is -0.0832. The van der Waals surface area contributed by atoms with Crippen LogP contribution in [0.25, 0.3) is 22.2 Å². The van der Waals surface area contributed by atoms with E-state index in [0.717, 1.165) is 16.5 Å². The highest BCUT2D eigenvalue weighted by Crippen LogP contribution is 2.28. The number of hydrogen-bond acceptors (Lipinski definition) is 5. The third-order valence-corrected chi connectivity index (χ3v) is 5.36. The van der Waals surface area contributed by atoms with Gasteiger partial charge in [-0.2, -0.15) is 9.78 Å². The molecule has 30 heavy (non-hydrogen) atoms. The van der Waals surface area contributed by atoms with Gasteiger partial charge in [-0.3, -0.25) is 4.79 Å². The summed E-state index contributed by atoms with van der Waals surface area (Å²) >= 11 is 3.45. The van der Waals surface area contributed by atoms with Crippen LogP contribution in [0.3, 0.4) is 0 Å². The number of nitrogens with zero attached hydrogens (tertiary/aromatic N) is 4. The molecule has 8 heteroatoms. The van der Waals surface area contributed by atoms with Crippen LogP contribution in [0, 0.1) is 0 Å². The molecule has 0 saturated carbocycles. The summed E-state index contributed by atoms with van der Waals surface area (Å²) in [6.45, 7) is 3.95. The first-order valence-electron chi connectivity index (χ1n) is 9.65. The standard InChI is InChI=1S/C22H21BrN6O/c1-3-13(2)26-22(30)18-19-21(28-17-10-5-4-9-16(17)27-19)29(20(18)24)25-12-14-7-6-8-15(23)11-14/h4-13H,3,24H2,1-2H3,(H,26,30). The minimum absolute atomic E-state index is 0.00823. The van der Waals surface area contributed by atoms with E-state index in [-0.39, 0.29) is 23.3 Å². The molecule has 0 fully saturated rings. The number of aromatic nitrogens is 3. The minimum Gasteiger partial charge on any atom is -0.383 e. The number of carbonyl (C=O) groups is 1. The topological polar surface area (TPSA) is 98.2 Å². The molecule has 4 aromatic rings. The minimum atomic E-state index is -0.284. The molecule has 0 spiro atoms. The van der Waals surface area contributed by atoms with E-state index < -0.39 is 0 Å². The van der Waals surface area contributed by atoms with E-state index in [2.05, 4.69) is 36.3 Å². The van der Waals surface area contributed by atoms with Crippen LogP contribution in [-0.4, -0.2) is 32.8 Å². The van der Waals surface area contributed by atoms with Crippen LogP contribution in [0.1, 0.15) is 36.2 Å². The second-order valence-electron chi connectivity index (χ2n) is 7.04. The van der Waals surface area contributed by atoms with Crippen molar-refractivity contribution in [1.29, 1.82) is 0 Å². The van der Waals surface area contributed by atoms with Gasteiger partial charge in [-0.1, -0.05) is 47.1 Å². The smallest absolute Gasteiger partial charge is 0.257 e. The van der Waals surface area contributed by atoms with Gasteiger partial charge in [-0.05, 0) is 43.2 Å². The number of nitrogens with one attached hydrogen (secondary N) is 1. The number of benzene rings is 2. The molecule has 0 bridgehead atoms. The first kappa shape index (κ1) is 20.0. The first-order valence-corrected chi connectivity index (χ1v) is 10.4. The van der Waals surface area contributed by atoms with Gasteiger partial charge in [-0.15, -0.1) is 0 Å². The average Bonchev–Trinajstić information content (AvgIpc) is 3.00. The highest BCUT2D eigenvalue weighted by Gasteiger charge is 2.24. The van der Waals surface area contributed by atoms with E-state index >= 15 is 0 Å². The molecule has 7 nitrogen and oxygen atoms in total. The molecule has 3 N–H and O–H groups in total. The lowest BCUT2D eigenvalue weighted by molar-refractivity contribution is 0.0941. The number of fused-ring (bicyclic) bond motifs is 2. The Morgan fingerprint density at radius 3 is 2.67 bits per heavy atom. The fourth-order valence-corrected chi connectivity index (χ4v) is 3.51. The normalized spacial score (nSPS) is 12.6. The summed E-state index contributed by atoms with van der Waals surface area (Å²) < 4.78 is 2.41. The van der Waals surface area contributed by atoms with Crippen molar-refractivity contribution in [2.24, 2.45) is 5.10 Å². The molecule has 0 aliphatic carbocycles. The Morgan fingerprint density at radius 1 is 1.23 bits per heavy atom. The van der Waals surface area contributed by atoms with Crippen LogP contribution in [0.15, 0.2) is 58.1 Å². The third kappa shape index (κ3) is 3.78. The Balaban J connectivity index is 1.91. The Morgan fingerprint density at radius 2 is 1.97 bits per heavy atom. The number of nitrogen functional groups attached to an aromatic ring is 1. The molecule has 152 valence electrons. The van der Waals surface area contributed by atoms with Gasteiger partial charge < -0.3 is 11.1 Å². The molecule has 1 atom stereocenters. The summed E-state index contributed by atoms with van der Waals surface area (Å²) in [6.07, 6.45) is 2.48. The van der Waals surface area contributed by atoms with Gasteiger partial charge >= 0.3 is 0 Å². The number of anilines is 1. The van der Waals surface area contributed by atoms with E-state index in [0.29, 0.717) is 22.2 Å². The maximum absolute atomic E-state index is 13.0. The van der Waals surface area contributed by atoms with E-state index in [9.17, 15) is 4.79 Å². The van der Waals surface area contributed by atoms with Gasteiger partial charge in [0.05, 0.1) is 17.2 Å². The number of carbonyl (C=O) groups excluding carboxylic acids is 1. The molecule has 0 aliphatic heterocycles. The number of nitrogens with two attached hydrogens (primary N) is 1. The Bertz CT molecular complexity index is 1280. The molecular formula is C22H21BrN6O. The zero-order valence-corrected chi connectivity index (χ0v) is 18.2. The highest BCUT2D eigenvalue weighted by molar-refractivity contribution is 9.10. The van der Waals surface area contributed by atoms with Gasteiger partial charge in [0.25, 0.3) is 5.91 Å². The lowest BCUT2D eigenvalue weighted by Crippen LogP contribution is -2.32. The highest BCUT2D eigenvalue weighted by atomic mass is 79.9. The Hall–Kier alpha value is -3.26. The molecule has 1 unspecified atom stereocenters. The molecule has 2 aromatic carbocycles. The Kier molecular flexibility index (Phi) is 5.50. The molecule has 0 radical (unpaired) electrons. The SMILES string of the molecule is CCC(C)NC(=O)c1c(N)n(N=Cc2cccc(Br)c2)c2nc3ccccc3nc12. The average molecular weight is 465 g/mol. The molecule has 0 saturated heterocycles. The number of hydrogen-bond donors (Lipinski definition) is 2. The monoisotopic (exact) mass is 464 g/mol. The molecular weight excluding hydrogens is 444 g/mol. The van der Waals surface area contributed by atoms with Crippen LogP contribution in [-0.2, 0) is 0 Å². The van der Waals surface area contributed by atoms with Gasteiger partial charge in [0, 0.05) is 10.5 Å². The number of amides is 1. The van der Waals surface area contributed by atoms with Gasteiger partial charge in [-0.25, -0.2) is 9.97 Å². The third-order valence-electron chi connectivity index (χ3n) is 4.86. The lowest BCUT2D eigenvalue weighted by Gasteiger charge is -2.11. The summed E-state index contributed by atoms with van der Waals surface area (Å²) in [4.78, 5) is 22.4. The maximum atomic E-state index is 13.0. The molecule has 2 aromatic heterocycles. The van der Waals surface area contributed by atoms with Crippen molar-refractivity contribution < 1.29 is 4.79 Å². The fourth-order valence-electron chi connectivity index (χ4n) is 3.10. The fraction of sp³-hybridized carbons (Fsp3) is 0.182. The van der Waals surface area contributed by atoms with Crippen molar-refractivity contribution in [3.05, 3.63) is 64.1 Å². The summed E-state index contributed by atoms with van der Waals surface area (Å²) in [5, 5.41) is 7.48. The largest absolute Gasteiger partial charge is 0.383 e. The second-order valence-corrected chi connectivity index (χ2v) is 7.95. The van der Waals surface area contributed by atoms with E-state index in [4.69, 9.17) is 5.73 Å². The van der Waals surface area contributed by atoms with Crippen LogP contribution in [0.5, 0.6) is 0 Å². The van der Waals surface area contributed by atoms with Crippen molar-refractivity contribution in [3.8, 4) is 0 Å². The van der Waals surface area contributed by atoms with Crippen molar-refractivity contribution in [2.45, 2.75) is 26.3 Å². The van der Waals surface area contributed by atoms with Crippen molar-refractivity contribution in [3.63, 3.8) is 0 Å². The molecule has 1 amide bonds. The van der Waals surface area contributed by atoms with E-state index in [1.807, 2.05) is 62.4 Å². The summed E-state index contributed by atoms with van der Waals surface area (Å²) in [5.41, 5.74) is 9.82. The predicted molar refractivity (Wildman–Crippen MR) is 124 cm³/mol. The maximum Gasteiger partial charge on any atom is 0.257 e. The summed E-state index contributed by atoms with van der Waals surface area (Å²) in [7, 11) is 0. The van der Waals surface area contributed by atoms with Crippen molar-refractivity contribution in [2.75, 3.05) is 5.73 Å². The first-order chi connectivity index (χ1) is 14.5. The molecule has 4 rings (SSSR count). The zero-order valence-electron chi connectivity index (χ0n) is 16.6. The van der Waals surface area contributed by atoms with Gasteiger partial charge in [0.15, 0.2) is 5.65 Å².